The maximum absolute atomic E-state index is 14.6. The highest BCUT2D eigenvalue weighted by molar-refractivity contribution is 14.0. The molecule has 2 aromatic heterocycles. The van der Waals surface area contributed by atoms with Crippen LogP contribution in [0.25, 0.3) is 11.4 Å². The second kappa shape index (κ2) is 11.8. The lowest BCUT2D eigenvalue weighted by Gasteiger charge is -2.15. The Morgan fingerprint density at radius 2 is 1.88 bits per heavy atom. The zero-order valence-electron chi connectivity index (χ0n) is 19.5. The molecule has 0 bridgehead atoms. The van der Waals surface area contributed by atoms with Gasteiger partial charge in [0.25, 0.3) is 0 Å². The molecule has 0 aliphatic heterocycles. The standard InChI is InChI=1S/C25H28FN7.HI/c1-4-28-25(29-15-20-9-10-24(22(26)14-20)32-12-11-27-17-32)30-16-21-7-5-6-8-23(21)33-19(3)13-18(2)31-33;/h5-14,17H,4,15-16H2,1-3H3,(H2,28,29,30);1H. The number of nitrogens with zero attached hydrogens (tertiary/aromatic N) is 5. The molecule has 0 amide bonds. The molecule has 9 heteroatoms. The molecule has 7 nitrogen and oxygen atoms in total. The molecule has 0 fully saturated rings. The molecule has 0 unspecified atom stereocenters. The molecular weight excluding hydrogens is 544 g/mol. The largest absolute Gasteiger partial charge is 0.357 e. The van der Waals surface area contributed by atoms with E-state index in [4.69, 9.17) is 0 Å². The number of nitrogens with one attached hydrogen (secondary N) is 2. The smallest absolute Gasteiger partial charge is 0.191 e. The van der Waals surface area contributed by atoms with Crippen molar-refractivity contribution >= 4 is 29.9 Å². The topological polar surface area (TPSA) is 72.1 Å². The lowest BCUT2D eigenvalue weighted by Crippen LogP contribution is -2.37. The quantitative estimate of drug-likeness (QED) is 0.191. The Morgan fingerprint density at radius 3 is 2.56 bits per heavy atom. The number of hydrogen-bond acceptors (Lipinski definition) is 3. The molecule has 0 aliphatic carbocycles. The van der Waals surface area contributed by atoms with Gasteiger partial charge in [0, 0.05) is 31.2 Å². The Balaban J connectivity index is 0.00000324. The van der Waals surface area contributed by atoms with Crippen LogP contribution in [-0.2, 0) is 13.1 Å². The Kier molecular flexibility index (Phi) is 8.80. The van der Waals surface area contributed by atoms with Crippen molar-refractivity contribution in [3.63, 3.8) is 0 Å². The first-order valence-corrected chi connectivity index (χ1v) is 11.0. The van der Waals surface area contributed by atoms with Gasteiger partial charge in [-0.3, -0.25) is 0 Å². The van der Waals surface area contributed by atoms with Gasteiger partial charge in [-0.2, -0.15) is 5.10 Å². The second-order valence-corrected chi connectivity index (χ2v) is 7.77. The van der Waals surface area contributed by atoms with Gasteiger partial charge in [-0.05, 0) is 56.2 Å². The van der Waals surface area contributed by atoms with E-state index in [0.29, 0.717) is 24.7 Å². The minimum absolute atomic E-state index is 0. The summed E-state index contributed by atoms with van der Waals surface area (Å²) in [7, 11) is 0. The van der Waals surface area contributed by atoms with Crippen LogP contribution in [0.1, 0.15) is 29.4 Å². The SMILES string of the molecule is CCNC(=NCc1ccc(-n2ccnc2)c(F)c1)NCc1ccccc1-n1nc(C)cc1C.I. The van der Waals surface area contributed by atoms with Gasteiger partial charge in [0.15, 0.2) is 5.96 Å². The van der Waals surface area contributed by atoms with Crippen LogP contribution >= 0.6 is 24.0 Å². The van der Waals surface area contributed by atoms with Crippen molar-refractivity contribution in [1.82, 2.24) is 30.0 Å². The number of hydrogen-bond donors (Lipinski definition) is 2. The number of halogens is 2. The summed E-state index contributed by atoms with van der Waals surface area (Å²) < 4.78 is 18.2. The van der Waals surface area contributed by atoms with Crippen LogP contribution in [0.2, 0.25) is 0 Å². The monoisotopic (exact) mass is 573 g/mol. The summed E-state index contributed by atoms with van der Waals surface area (Å²) in [6.07, 6.45) is 4.92. The molecule has 4 rings (SSSR count). The number of imidazole rings is 1. The van der Waals surface area contributed by atoms with Crippen LogP contribution in [-0.4, -0.2) is 31.8 Å². The van der Waals surface area contributed by atoms with E-state index < -0.39 is 0 Å². The molecule has 2 N–H and O–H groups in total. The molecule has 0 atom stereocenters. The van der Waals surface area contributed by atoms with Crippen LogP contribution < -0.4 is 10.6 Å². The van der Waals surface area contributed by atoms with Gasteiger partial charge < -0.3 is 15.2 Å². The number of para-hydroxylation sites is 1. The number of aromatic nitrogens is 4. The first-order chi connectivity index (χ1) is 16.0. The molecule has 0 saturated carbocycles. The molecule has 4 aromatic rings. The summed E-state index contributed by atoms with van der Waals surface area (Å²) in [5.74, 6) is 0.359. The Morgan fingerprint density at radius 1 is 1.06 bits per heavy atom. The fourth-order valence-corrected chi connectivity index (χ4v) is 3.69. The van der Waals surface area contributed by atoms with E-state index in [-0.39, 0.29) is 29.8 Å². The van der Waals surface area contributed by atoms with Crippen LogP contribution in [0.3, 0.4) is 0 Å². The highest BCUT2D eigenvalue weighted by atomic mass is 127. The third-order valence-corrected chi connectivity index (χ3v) is 5.23. The van der Waals surface area contributed by atoms with E-state index in [1.807, 2.05) is 43.7 Å². The first kappa shape index (κ1) is 25.4. The fraction of sp³-hybridized carbons (Fsp3) is 0.240. The first-order valence-electron chi connectivity index (χ1n) is 11.0. The van der Waals surface area contributed by atoms with Crippen molar-refractivity contribution in [3.8, 4) is 11.4 Å². The average molecular weight is 573 g/mol. The van der Waals surface area contributed by atoms with E-state index in [9.17, 15) is 4.39 Å². The maximum Gasteiger partial charge on any atom is 0.191 e. The molecule has 0 saturated heterocycles. The van der Waals surface area contributed by atoms with Gasteiger partial charge in [-0.1, -0.05) is 24.3 Å². The predicted molar refractivity (Wildman–Crippen MR) is 144 cm³/mol. The van der Waals surface area contributed by atoms with Gasteiger partial charge in [0.2, 0.25) is 0 Å². The van der Waals surface area contributed by atoms with Crippen LogP contribution in [0.5, 0.6) is 0 Å². The van der Waals surface area contributed by atoms with Gasteiger partial charge in [-0.15, -0.1) is 24.0 Å². The predicted octanol–water partition coefficient (Wildman–Crippen LogP) is 4.69. The summed E-state index contributed by atoms with van der Waals surface area (Å²) in [6.45, 7) is 7.71. The number of guanidine groups is 1. The minimum atomic E-state index is -0.308. The summed E-state index contributed by atoms with van der Waals surface area (Å²) in [4.78, 5) is 8.61. The van der Waals surface area contributed by atoms with Crippen molar-refractivity contribution in [2.75, 3.05) is 6.54 Å². The third-order valence-electron chi connectivity index (χ3n) is 5.23. The van der Waals surface area contributed by atoms with Crippen molar-refractivity contribution < 1.29 is 4.39 Å². The van der Waals surface area contributed by atoms with Gasteiger partial charge >= 0.3 is 0 Å². The normalized spacial score (nSPS) is 11.2. The van der Waals surface area contributed by atoms with Crippen molar-refractivity contribution in [2.45, 2.75) is 33.9 Å². The van der Waals surface area contributed by atoms with Crippen molar-refractivity contribution in [1.29, 1.82) is 0 Å². The fourth-order valence-electron chi connectivity index (χ4n) is 3.69. The molecule has 2 heterocycles. The summed E-state index contributed by atoms with van der Waals surface area (Å²) in [5.41, 5.74) is 5.45. The molecule has 0 spiro atoms. The molecule has 178 valence electrons. The lowest BCUT2D eigenvalue weighted by atomic mass is 10.1. The molecule has 0 radical (unpaired) electrons. The zero-order valence-corrected chi connectivity index (χ0v) is 21.8. The van der Waals surface area contributed by atoms with Gasteiger partial charge in [0.1, 0.15) is 5.82 Å². The van der Waals surface area contributed by atoms with E-state index in [0.717, 1.165) is 34.7 Å². The van der Waals surface area contributed by atoms with E-state index in [1.165, 1.54) is 6.07 Å². The number of rotatable bonds is 7. The molecule has 2 aromatic carbocycles. The second-order valence-electron chi connectivity index (χ2n) is 7.77. The third kappa shape index (κ3) is 6.02. The maximum atomic E-state index is 14.6. The molecular formula is C25H29FIN7. The Bertz CT molecular complexity index is 1250. The lowest BCUT2D eigenvalue weighted by molar-refractivity contribution is 0.615. The number of benzene rings is 2. The summed E-state index contributed by atoms with van der Waals surface area (Å²) >= 11 is 0. The highest BCUT2D eigenvalue weighted by Gasteiger charge is 2.10. The molecule has 0 aliphatic rings. The van der Waals surface area contributed by atoms with Gasteiger partial charge in [-0.25, -0.2) is 19.0 Å². The zero-order chi connectivity index (χ0) is 23.2. The highest BCUT2D eigenvalue weighted by Crippen LogP contribution is 2.17. The number of aryl methyl sites for hydroxylation is 2. The van der Waals surface area contributed by atoms with Crippen LogP contribution in [0.4, 0.5) is 4.39 Å². The Labute approximate surface area is 216 Å². The van der Waals surface area contributed by atoms with Crippen molar-refractivity contribution in [3.05, 3.63) is 95.6 Å². The Hall–Kier alpha value is -3.21. The van der Waals surface area contributed by atoms with Crippen LogP contribution in [0.15, 0.2) is 72.2 Å². The molecule has 34 heavy (non-hydrogen) atoms. The minimum Gasteiger partial charge on any atom is -0.357 e. The van der Waals surface area contributed by atoms with Gasteiger partial charge in [0.05, 0.1) is 29.9 Å². The summed E-state index contributed by atoms with van der Waals surface area (Å²) in [5, 5.41) is 11.3. The van der Waals surface area contributed by atoms with E-state index in [1.54, 1.807) is 29.4 Å². The van der Waals surface area contributed by atoms with E-state index >= 15 is 0 Å². The van der Waals surface area contributed by atoms with E-state index in [2.05, 4.69) is 43.9 Å². The average Bonchev–Trinajstić information content (AvgIpc) is 3.45. The number of aliphatic imine (C=N–C) groups is 1. The van der Waals surface area contributed by atoms with Crippen molar-refractivity contribution in [2.24, 2.45) is 4.99 Å². The van der Waals surface area contributed by atoms with Crippen LogP contribution in [0, 0.1) is 19.7 Å². The summed E-state index contributed by atoms with van der Waals surface area (Å²) in [6, 6.07) is 15.4.